The van der Waals surface area contributed by atoms with Crippen LogP contribution < -0.4 is 5.32 Å². The van der Waals surface area contributed by atoms with Crippen LogP contribution >= 0.6 is 0 Å². The van der Waals surface area contributed by atoms with E-state index in [2.05, 4.69) is 34.3 Å². The fourth-order valence-electron chi connectivity index (χ4n) is 2.43. The largest absolute Gasteiger partial charge is 0.419 e. The molecule has 3 aromatic rings. The van der Waals surface area contributed by atoms with Gasteiger partial charge in [-0.15, -0.1) is 10.2 Å². The number of nitrogens with zero attached hydrogens (tertiary/aromatic N) is 3. The molecule has 108 valence electrons. The van der Waals surface area contributed by atoms with Crippen molar-refractivity contribution in [2.24, 2.45) is 0 Å². The zero-order valence-electron chi connectivity index (χ0n) is 12.2. The molecular weight excluding hydrogens is 264 g/mol. The second-order valence-electron chi connectivity index (χ2n) is 4.84. The van der Waals surface area contributed by atoms with Gasteiger partial charge in [0.15, 0.2) is 0 Å². The number of nitrogens with one attached hydrogen (secondary N) is 1. The standard InChI is InChI=1S/C16H18N4O/c1-3-13(17-4-2)16-20-19-15(21-16)12-7-5-9-14-11(12)8-6-10-18-14/h5-10,13,17H,3-4H2,1-2H3. The van der Waals surface area contributed by atoms with Crippen LogP contribution in [0, 0.1) is 0 Å². The molecule has 21 heavy (non-hydrogen) atoms. The highest BCUT2D eigenvalue weighted by Crippen LogP contribution is 2.28. The van der Waals surface area contributed by atoms with Crippen LogP contribution in [0.25, 0.3) is 22.4 Å². The highest BCUT2D eigenvalue weighted by Gasteiger charge is 2.17. The van der Waals surface area contributed by atoms with Gasteiger partial charge >= 0.3 is 0 Å². The van der Waals surface area contributed by atoms with Gasteiger partial charge in [0.25, 0.3) is 0 Å². The van der Waals surface area contributed by atoms with E-state index in [1.807, 2.05) is 30.3 Å². The summed E-state index contributed by atoms with van der Waals surface area (Å²) in [5.74, 6) is 1.18. The fourth-order valence-corrected chi connectivity index (χ4v) is 2.43. The van der Waals surface area contributed by atoms with E-state index in [0.29, 0.717) is 11.8 Å². The second kappa shape index (κ2) is 6.01. The van der Waals surface area contributed by atoms with E-state index < -0.39 is 0 Å². The third kappa shape index (κ3) is 2.64. The van der Waals surface area contributed by atoms with Gasteiger partial charge in [-0.1, -0.05) is 26.0 Å². The first-order chi connectivity index (χ1) is 10.3. The van der Waals surface area contributed by atoms with Crippen LogP contribution in [0.3, 0.4) is 0 Å². The summed E-state index contributed by atoms with van der Waals surface area (Å²) in [4.78, 5) is 4.35. The number of rotatable bonds is 5. The predicted molar refractivity (Wildman–Crippen MR) is 81.7 cm³/mol. The molecule has 0 amide bonds. The number of pyridine rings is 1. The van der Waals surface area contributed by atoms with Gasteiger partial charge in [0.2, 0.25) is 11.8 Å². The smallest absolute Gasteiger partial charge is 0.248 e. The van der Waals surface area contributed by atoms with E-state index >= 15 is 0 Å². The van der Waals surface area contributed by atoms with Gasteiger partial charge in [-0.2, -0.15) is 0 Å². The summed E-state index contributed by atoms with van der Waals surface area (Å²) in [5.41, 5.74) is 1.85. The molecular formula is C16H18N4O. The molecule has 0 fully saturated rings. The van der Waals surface area contributed by atoms with Crippen molar-refractivity contribution in [3.05, 3.63) is 42.4 Å². The molecule has 2 heterocycles. The zero-order chi connectivity index (χ0) is 14.7. The minimum atomic E-state index is 0.101. The SMILES string of the molecule is CCNC(CC)c1nnc(-c2cccc3ncccc23)o1. The first-order valence-corrected chi connectivity index (χ1v) is 7.24. The number of benzene rings is 1. The Morgan fingerprint density at radius 3 is 2.86 bits per heavy atom. The molecule has 3 rings (SSSR count). The molecule has 0 aliphatic rings. The van der Waals surface area contributed by atoms with Crippen molar-refractivity contribution in [3.63, 3.8) is 0 Å². The van der Waals surface area contributed by atoms with E-state index in [1.165, 1.54) is 0 Å². The number of hydrogen-bond donors (Lipinski definition) is 1. The lowest BCUT2D eigenvalue weighted by Gasteiger charge is -2.10. The first-order valence-electron chi connectivity index (χ1n) is 7.24. The Kier molecular flexibility index (Phi) is 3.92. The zero-order valence-corrected chi connectivity index (χ0v) is 12.2. The topological polar surface area (TPSA) is 63.8 Å². The quantitative estimate of drug-likeness (QED) is 0.777. The van der Waals surface area contributed by atoms with E-state index in [1.54, 1.807) is 6.20 Å². The normalized spacial score (nSPS) is 12.7. The van der Waals surface area contributed by atoms with Crippen molar-refractivity contribution in [1.82, 2.24) is 20.5 Å². The third-order valence-corrected chi connectivity index (χ3v) is 3.47. The monoisotopic (exact) mass is 282 g/mol. The molecule has 2 aromatic heterocycles. The summed E-state index contributed by atoms with van der Waals surface area (Å²) in [6.45, 7) is 5.03. The summed E-state index contributed by atoms with van der Waals surface area (Å²) in [7, 11) is 0. The molecule has 1 atom stereocenters. The van der Waals surface area contributed by atoms with Crippen LogP contribution in [0.15, 0.2) is 40.9 Å². The average Bonchev–Trinajstić information content (AvgIpc) is 3.01. The van der Waals surface area contributed by atoms with Gasteiger partial charge in [0.1, 0.15) is 0 Å². The van der Waals surface area contributed by atoms with Gasteiger partial charge in [-0.05, 0) is 31.2 Å². The van der Waals surface area contributed by atoms with E-state index in [0.717, 1.165) is 29.4 Å². The van der Waals surface area contributed by atoms with Crippen molar-refractivity contribution >= 4 is 10.9 Å². The highest BCUT2D eigenvalue weighted by molar-refractivity contribution is 5.92. The van der Waals surface area contributed by atoms with Gasteiger partial charge in [-0.3, -0.25) is 4.98 Å². The van der Waals surface area contributed by atoms with Gasteiger partial charge in [0.05, 0.1) is 11.6 Å². The Bertz CT molecular complexity index is 732. The molecule has 0 bridgehead atoms. The van der Waals surface area contributed by atoms with Crippen molar-refractivity contribution in [2.45, 2.75) is 26.3 Å². The summed E-state index contributed by atoms with van der Waals surface area (Å²) in [6, 6.07) is 9.94. The van der Waals surface area contributed by atoms with Crippen LogP contribution in [0.4, 0.5) is 0 Å². The molecule has 5 nitrogen and oxygen atoms in total. The second-order valence-corrected chi connectivity index (χ2v) is 4.84. The van der Waals surface area contributed by atoms with Crippen LogP contribution in [-0.2, 0) is 0 Å². The van der Waals surface area contributed by atoms with Crippen molar-refractivity contribution in [2.75, 3.05) is 6.54 Å². The minimum absolute atomic E-state index is 0.101. The van der Waals surface area contributed by atoms with Crippen LogP contribution in [0.2, 0.25) is 0 Å². The van der Waals surface area contributed by atoms with Crippen LogP contribution in [0.1, 0.15) is 32.2 Å². The predicted octanol–water partition coefficient (Wildman–Crippen LogP) is 3.35. The van der Waals surface area contributed by atoms with Crippen LogP contribution in [0.5, 0.6) is 0 Å². The Hall–Kier alpha value is -2.27. The third-order valence-electron chi connectivity index (χ3n) is 3.47. The van der Waals surface area contributed by atoms with Crippen molar-refractivity contribution in [1.29, 1.82) is 0 Å². The Morgan fingerprint density at radius 2 is 2.05 bits per heavy atom. The highest BCUT2D eigenvalue weighted by atomic mass is 16.4. The maximum absolute atomic E-state index is 5.87. The lowest BCUT2D eigenvalue weighted by Crippen LogP contribution is -2.20. The summed E-state index contributed by atoms with van der Waals surface area (Å²) >= 11 is 0. The number of hydrogen-bond acceptors (Lipinski definition) is 5. The van der Waals surface area contributed by atoms with Gasteiger partial charge < -0.3 is 9.73 Å². The average molecular weight is 282 g/mol. The lowest BCUT2D eigenvalue weighted by molar-refractivity contribution is 0.402. The molecule has 5 heteroatoms. The van der Waals surface area contributed by atoms with Crippen molar-refractivity contribution < 1.29 is 4.42 Å². The van der Waals surface area contributed by atoms with Crippen molar-refractivity contribution in [3.8, 4) is 11.5 Å². The first kappa shape index (κ1) is 13.7. The minimum Gasteiger partial charge on any atom is -0.419 e. The Balaban J connectivity index is 2.02. The molecule has 0 radical (unpaired) electrons. The van der Waals surface area contributed by atoms with Crippen LogP contribution in [-0.4, -0.2) is 21.7 Å². The number of aromatic nitrogens is 3. The van der Waals surface area contributed by atoms with E-state index in [-0.39, 0.29) is 6.04 Å². The lowest BCUT2D eigenvalue weighted by atomic mass is 10.1. The summed E-state index contributed by atoms with van der Waals surface area (Å²) in [5, 5.41) is 12.8. The molecule has 0 saturated heterocycles. The fraction of sp³-hybridized carbons (Fsp3) is 0.312. The maximum Gasteiger partial charge on any atom is 0.248 e. The van der Waals surface area contributed by atoms with Gasteiger partial charge in [0, 0.05) is 17.1 Å². The maximum atomic E-state index is 5.87. The molecule has 1 unspecified atom stereocenters. The molecule has 0 aliphatic carbocycles. The Labute approximate surface area is 123 Å². The van der Waals surface area contributed by atoms with E-state index in [9.17, 15) is 0 Å². The number of fused-ring (bicyclic) bond motifs is 1. The molecule has 1 aromatic carbocycles. The van der Waals surface area contributed by atoms with E-state index in [4.69, 9.17) is 4.42 Å². The Morgan fingerprint density at radius 1 is 1.14 bits per heavy atom. The van der Waals surface area contributed by atoms with Gasteiger partial charge in [-0.25, -0.2) is 0 Å². The summed E-state index contributed by atoms with van der Waals surface area (Å²) < 4.78 is 5.87. The molecule has 0 aliphatic heterocycles. The molecule has 0 spiro atoms. The molecule has 1 N–H and O–H groups in total. The molecule has 0 saturated carbocycles. The summed E-state index contributed by atoms with van der Waals surface area (Å²) in [6.07, 6.45) is 2.69.